The van der Waals surface area contributed by atoms with E-state index in [1.165, 1.54) is 10.8 Å². The Morgan fingerprint density at radius 2 is 2.26 bits per heavy atom. The molecule has 1 fully saturated rings. The lowest BCUT2D eigenvalue weighted by Gasteiger charge is -2.26. The molecule has 1 N–H and O–H groups in total. The van der Waals surface area contributed by atoms with E-state index in [0.717, 1.165) is 24.2 Å². The molecular weight excluding hydrogens is 346 g/mol. The van der Waals surface area contributed by atoms with Gasteiger partial charge >= 0.3 is 0 Å². The molecule has 9 heteroatoms. The average Bonchev–Trinajstić information content (AvgIpc) is 3.39. The molecule has 0 aromatic carbocycles. The Balaban J connectivity index is 1.69. The molecule has 3 aromatic rings. The van der Waals surface area contributed by atoms with E-state index in [9.17, 15) is 9.59 Å². The van der Waals surface area contributed by atoms with Crippen molar-refractivity contribution in [3.63, 3.8) is 0 Å². The van der Waals surface area contributed by atoms with Crippen molar-refractivity contribution in [1.82, 2.24) is 34.3 Å². The molecule has 1 saturated heterocycles. The minimum absolute atomic E-state index is 0.00705. The summed E-state index contributed by atoms with van der Waals surface area (Å²) in [6.45, 7) is 6.31. The maximum Gasteiger partial charge on any atom is 0.276 e. The molecule has 27 heavy (non-hydrogen) atoms. The molecule has 1 aliphatic rings. The Morgan fingerprint density at radius 1 is 1.44 bits per heavy atom. The second-order valence-corrected chi connectivity index (χ2v) is 6.98. The van der Waals surface area contributed by atoms with Gasteiger partial charge in [0.15, 0.2) is 5.65 Å². The number of aryl methyl sites for hydroxylation is 1. The quantitative estimate of drug-likeness (QED) is 0.749. The number of amides is 1. The third-order valence-electron chi connectivity index (χ3n) is 5.37. The first-order valence-corrected chi connectivity index (χ1v) is 9.27. The van der Waals surface area contributed by atoms with Crippen LogP contribution < -0.4 is 5.56 Å². The van der Waals surface area contributed by atoms with Crippen LogP contribution in [0.1, 0.15) is 55.7 Å². The molecule has 1 amide bonds. The standard InChI is InChI=1S/C18H23N7O2/c1-4-13-11(2)21-16-8-14(22-25(16)18(13)27)15-6-5-7-23(15)17(26)12(3)24-10-19-9-20-24/h8-10,12,15,22H,4-7H2,1-3H3/t12-,15-/m1/s1. The number of aromatic amines is 1. The van der Waals surface area contributed by atoms with Gasteiger partial charge in [-0.15, -0.1) is 0 Å². The fourth-order valence-corrected chi connectivity index (χ4v) is 3.89. The zero-order valence-electron chi connectivity index (χ0n) is 15.7. The van der Waals surface area contributed by atoms with Crippen molar-refractivity contribution >= 4 is 11.6 Å². The second kappa shape index (κ2) is 6.64. The summed E-state index contributed by atoms with van der Waals surface area (Å²) in [7, 11) is 0. The van der Waals surface area contributed by atoms with E-state index in [0.29, 0.717) is 24.2 Å². The molecule has 0 radical (unpaired) electrons. The van der Waals surface area contributed by atoms with Crippen LogP contribution >= 0.6 is 0 Å². The van der Waals surface area contributed by atoms with Gasteiger partial charge in [-0.2, -0.15) is 5.10 Å². The monoisotopic (exact) mass is 369 g/mol. The highest BCUT2D eigenvalue weighted by Crippen LogP contribution is 2.33. The summed E-state index contributed by atoms with van der Waals surface area (Å²) in [6.07, 6.45) is 5.37. The van der Waals surface area contributed by atoms with Gasteiger partial charge in [0, 0.05) is 23.9 Å². The molecule has 0 spiro atoms. The first kappa shape index (κ1) is 17.4. The van der Waals surface area contributed by atoms with E-state index in [-0.39, 0.29) is 17.5 Å². The number of carbonyl (C=O) groups is 1. The molecule has 142 valence electrons. The normalized spacial score (nSPS) is 18.3. The smallest absolute Gasteiger partial charge is 0.276 e. The fourth-order valence-electron chi connectivity index (χ4n) is 3.89. The molecule has 0 saturated carbocycles. The van der Waals surface area contributed by atoms with Crippen molar-refractivity contribution in [2.45, 2.75) is 52.1 Å². The SMILES string of the molecule is CCc1c(C)nc2cc([C@H]3CCCN3C(=O)[C@@H](C)n3cncn3)[nH]n2c1=O. The number of likely N-dealkylation sites (tertiary alicyclic amines) is 1. The highest BCUT2D eigenvalue weighted by molar-refractivity contribution is 5.80. The summed E-state index contributed by atoms with van der Waals surface area (Å²) in [6, 6.07) is 1.35. The Hall–Kier alpha value is -2.97. The van der Waals surface area contributed by atoms with E-state index >= 15 is 0 Å². The van der Waals surface area contributed by atoms with Crippen molar-refractivity contribution in [3.05, 3.63) is 46.0 Å². The van der Waals surface area contributed by atoms with Gasteiger partial charge < -0.3 is 4.90 Å². The van der Waals surface area contributed by atoms with Gasteiger partial charge in [0.25, 0.3) is 5.56 Å². The minimum atomic E-state index is -0.424. The number of carbonyl (C=O) groups excluding carboxylic acids is 1. The Kier molecular flexibility index (Phi) is 4.29. The lowest BCUT2D eigenvalue weighted by molar-refractivity contribution is -0.135. The number of rotatable bonds is 4. The maximum atomic E-state index is 13.0. The summed E-state index contributed by atoms with van der Waals surface area (Å²) in [5.74, 6) is -0.00705. The van der Waals surface area contributed by atoms with Crippen LogP contribution in [0, 0.1) is 6.92 Å². The van der Waals surface area contributed by atoms with Gasteiger partial charge in [-0.05, 0) is 33.1 Å². The Morgan fingerprint density at radius 3 is 2.96 bits per heavy atom. The third kappa shape index (κ3) is 2.83. The molecular formula is C18H23N7O2. The molecule has 3 aromatic heterocycles. The zero-order chi connectivity index (χ0) is 19.1. The third-order valence-corrected chi connectivity index (χ3v) is 5.37. The van der Waals surface area contributed by atoms with Crippen LogP contribution in [0.5, 0.6) is 0 Å². The number of hydrogen-bond donors (Lipinski definition) is 1. The summed E-state index contributed by atoms with van der Waals surface area (Å²) in [5.41, 5.74) is 2.82. The van der Waals surface area contributed by atoms with Crippen LogP contribution in [0.3, 0.4) is 0 Å². The molecule has 1 aliphatic heterocycles. The summed E-state index contributed by atoms with van der Waals surface area (Å²) >= 11 is 0. The van der Waals surface area contributed by atoms with E-state index in [1.54, 1.807) is 11.0 Å². The van der Waals surface area contributed by atoms with Crippen LogP contribution in [0.4, 0.5) is 0 Å². The maximum absolute atomic E-state index is 13.0. The van der Waals surface area contributed by atoms with Crippen LogP contribution in [-0.4, -0.2) is 46.7 Å². The predicted octanol–water partition coefficient (Wildman–Crippen LogP) is 1.41. The van der Waals surface area contributed by atoms with Gasteiger partial charge in [-0.25, -0.2) is 19.2 Å². The summed E-state index contributed by atoms with van der Waals surface area (Å²) in [4.78, 5) is 36.0. The van der Waals surface area contributed by atoms with Crippen molar-refractivity contribution in [2.24, 2.45) is 0 Å². The Bertz CT molecular complexity index is 1030. The number of hydrogen-bond acceptors (Lipinski definition) is 5. The van der Waals surface area contributed by atoms with Gasteiger partial charge in [0.05, 0.1) is 11.7 Å². The van der Waals surface area contributed by atoms with E-state index in [4.69, 9.17) is 0 Å². The minimum Gasteiger partial charge on any atom is -0.332 e. The first-order chi connectivity index (χ1) is 13.0. The molecule has 2 atom stereocenters. The van der Waals surface area contributed by atoms with Crippen molar-refractivity contribution in [2.75, 3.05) is 6.54 Å². The summed E-state index contributed by atoms with van der Waals surface area (Å²) in [5, 5.41) is 7.26. The average molecular weight is 369 g/mol. The van der Waals surface area contributed by atoms with Crippen molar-refractivity contribution in [1.29, 1.82) is 0 Å². The van der Waals surface area contributed by atoms with E-state index in [1.807, 2.05) is 31.7 Å². The lowest BCUT2D eigenvalue weighted by atomic mass is 10.1. The number of nitrogens with zero attached hydrogens (tertiary/aromatic N) is 6. The van der Waals surface area contributed by atoms with Gasteiger partial charge in [0.1, 0.15) is 18.7 Å². The number of H-pyrrole nitrogens is 1. The number of nitrogens with one attached hydrogen (secondary N) is 1. The number of aromatic nitrogens is 6. The van der Waals surface area contributed by atoms with Crippen molar-refractivity contribution in [3.8, 4) is 0 Å². The molecule has 9 nitrogen and oxygen atoms in total. The molecule has 4 rings (SSSR count). The second-order valence-electron chi connectivity index (χ2n) is 6.98. The zero-order valence-corrected chi connectivity index (χ0v) is 15.7. The number of fused-ring (bicyclic) bond motifs is 1. The van der Waals surface area contributed by atoms with Crippen LogP contribution in [-0.2, 0) is 11.2 Å². The van der Waals surface area contributed by atoms with E-state index in [2.05, 4.69) is 20.2 Å². The van der Waals surface area contributed by atoms with Crippen LogP contribution in [0.2, 0.25) is 0 Å². The molecule has 4 heterocycles. The largest absolute Gasteiger partial charge is 0.332 e. The molecule has 0 unspecified atom stereocenters. The lowest BCUT2D eigenvalue weighted by Crippen LogP contribution is -2.36. The molecule has 0 bridgehead atoms. The van der Waals surface area contributed by atoms with Gasteiger partial charge in [-0.1, -0.05) is 6.92 Å². The highest BCUT2D eigenvalue weighted by atomic mass is 16.2. The predicted molar refractivity (Wildman–Crippen MR) is 98.3 cm³/mol. The fraction of sp³-hybridized carbons (Fsp3) is 0.500. The Labute approximate surface area is 156 Å². The topological polar surface area (TPSA) is 101 Å². The summed E-state index contributed by atoms with van der Waals surface area (Å²) < 4.78 is 3.05. The highest BCUT2D eigenvalue weighted by Gasteiger charge is 2.34. The van der Waals surface area contributed by atoms with Crippen molar-refractivity contribution < 1.29 is 4.79 Å². The van der Waals surface area contributed by atoms with E-state index < -0.39 is 6.04 Å². The molecule has 0 aliphatic carbocycles. The van der Waals surface area contributed by atoms with Crippen LogP contribution in [0.25, 0.3) is 5.65 Å². The van der Waals surface area contributed by atoms with Gasteiger partial charge in [-0.3, -0.25) is 14.7 Å². The first-order valence-electron chi connectivity index (χ1n) is 9.27. The van der Waals surface area contributed by atoms with Gasteiger partial charge in [0.2, 0.25) is 5.91 Å². The van der Waals surface area contributed by atoms with Crippen LogP contribution in [0.15, 0.2) is 23.5 Å².